The van der Waals surface area contributed by atoms with Crippen LogP contribution < -0.4 is 10.6 Å². The molecule has 9 heteroatoms. The van der Waals surface area contributed by atoms with E-state index in [1.807, 2.05) is 13.8 Å². The number of amides is 2. The number of hydrogen-bond donors (Lipinski definition) is 2. The number of carbonyl (C=O) groups excluding carboxylic acids is 2. The summed E-state index contributed by atoms with van der Waals surface area (Å²) in [5, 5.41) is 13.9. The number of anilines is 2. The van der Waals surface area contributed by atoms with Crippen LogP contribution in [0.25, 0.3) is 0 Å². The molecule has 0 aliphatic rings. The van der Waals surface area contributed by atoms with Gasteiger partial charge in [0.25, 0.3) is 5.91 Å². The summed E-state index contributed by atoms with van der Waals surface area (Å²) in [5.74, 6) is -0.462. The summed E-state index contributed by atoms with van der Waals surface area (Å²) >= 11 is 3.37. The largest absolute Gasteiger partial charge is 0.324 e. The first-order valence-corrected chi connectivity index (χ1v) is 9.18. The van der Waals surface area contributed by atoms with E-state index in [4.69, 9.17) is 0 Å². The summed E-state index contributed by atoms with van der Waals surface area (Å²) in [6.45, 7) is 4.50. The minimum absolute atomic E-state index is 0.101. The molecule has 0 atom stereocenters. The second-order valence-electron chi connectivity index (χ2n) is 5.85. The third-order valence-electron chi connectivity index (χ3n) is 3.99. The number of carbonyl (C=O) groups is 2. The zero-order valence-electron chi connectivity index (χ0n) is 14.9. The van der Waals surface area contributed by atoms with E-state index >= 15 is 0 Å². The minimum atomic E-state index is -0.255. The van der Waals surface area contributed by atoms with E-state index in [-0.39, 0.29) is 18.4 Å². The van der Waals surface area contributed by atoms with Gasteiger partial charge in [-0.05, 0) is 54.0 Å². The Morgan fingerprint density at radius 3 is 2.52 bits per heavy atom. The third-order valence-corrected chi connectivity index (χ3v) is 4.77. The number of rotatable bonds is 6. The Kier molecular flexibility index (Phi) is 5.70. The van der Waals surface area contributed by atoms with Gasteiger partial charge in [-0.25, -0.2) is 0 Å². The van der Waals surface area contributed by atoms with Gasteiger partial charge in [-0.3, -0.25) is 19.0 Å². The highest BCUT2D eigenvalue weighted by molar-refractivity contribution is 9.10. The second-order valence-corrected chi connectivity index (χ2v) is 6.71. The first-order valence-electron chi connectivity index (χ1n) is 8.39. The molecule has 0 saturated carbocycles. The molecule has 140 valence electrons. The van der Waals surface area contributed by atoms with E-state index in [1.165, 1.54) is 0 Å². The highest BCUT2D eigenvalue weighted by Gasteiger charge is 2.12. The fraction of sp³-hybridized carbons (Fsp3) is 0.222. The number of halogens is 1. The van der Waals surface area contributed by atoms with Crippen molar-refractivity contribution in [1.82, 2.24) is 19.6 Å². The summed E-state index contributed by atoms with van der Waals surface area (Å²) < 4.78 is 4.08. The molecule has 0 radical (unpaired) electrons. The third kappa shape index (κ3) is 4.43. The van der Waals surface area contributed by atoms with Gasteiger partial charge in [0.05, 0.1) is 16.4 Å². The molecule has 3 aromatic rings. The average Bonchev–Trinajstić information content (AvgIpc) is 3.24. The molecule has 0 bridgehead atoms. The molecule has 0 saturated heterocycles. The van der Waals surface area contributed by atoms with E-state index < -0.39 is 0 Å². The van der Waals surface area contributed by atoms with E-state index in [0.717, 1.165) is 10.2 Å². The predicted molar refractivity (Wildman–Crippen MR) is 106 cm³/mol. The van der Waals surface area contributed by atoms with Gasteiger partial charge >= 0.3 is 0 Å². The lowest BCUT2D eigenvalue weighted by atomic mass is 10.2. The van der Waals surface area contributed by atoms with Crippen LogP contribution in [0.1, 0.15) is 23.1 Å². The number of hydrogen-bond acceptors (Lipinski definition) is 4. The van der Waals surface area contributed by atoms with Crippen molar-refractivity contribution < 1.29 is 9.59 Å². The first kappa shape index (κ1) is 18.8. The van der Waals surface area contributed by atoms with Crippen molar-refractivity contribution in [3.63, 3.8) is 0 Å². The lowest BCUT2D eigenvalue weighted by Crippen LogP contribution is -2.20. The Balaban J connectivity index is 1.65. The summed E-state index contributed by atoms with van der Waals surface area (Å²) in [6.07, 6.45) is 3.24. The molecule has 8 nitrogen and oxygen atoms in total. The van der Waals surface area contributed by atoms with Gasteiger partial charge in [0.1, 0.15) is 12.2 Å². The molecular formula is C18H19BrN6O2. The van der Waals surface area contributed by atoms with Crippen molar-refractivity contribution in [2.24, 2.45) is 0 Å². The van der Waals surface area contributed by atoms with E-state index in [2.05, 4.69) is 36.8 Å². The zero-order chi connectivity index (χ0) is 19.4. The fourth-order valence-electron chi connectivity index (χ4n) is 2.57. The van der Waals surface area contributed by atoms with Crippen LogP contribution in [0.3, 0.4) is 0 Å². The lowest BCUT2D eigenvalue weighted by molar-refractivity contribution is -0.116. The van der Waals surface area contributed by atoms with Crippen LogP contribution >= 0.6 is 15.9 Å². The molecule has 0 unspecified atom stereocenters. The topological polar surface area (TPSA) is 93.8 Å². The summed E-state index contributed by atoms with van der Waals surface area (Å²) in [4.78, 5) is 24.7. The van der Waals surface area contributed by atoms with E-state index in [1.54, 1.807) is 52.1 Å². The quantitative estimate of drug-likeness (QED) is 0.628. The highest BCUT2D eigenvalue weighted by Crippen LogP contribution is 2.17. The van der Waals surface area contributed by atoms with Gasteiger partial charge in [-0.2, -0.15) is 10.2 Å². The fourth-order valence-corrected chi connectivity index (χ4v) is 2.86. The van der Waals surface area contributed by atoms with Crippen molar-refractivity contribution in [2.45, 2.75) is 26.9 Å². The molecule has 0 aliphatic heterocycles. The number of benzene rings is 1. The second kappa shape index (κ2) is 8.17. The maximum atomic E-state index is 12.4. The van der Waals surface area contributed by atoms with Gasteiger partial charge in [-0.15, -0.1) is 0 Å². The van der Waals surface area contributed by atoms with Gasteiger partial charge in [0.15, 0.2) is 0 Å². The van der Waals surface area contributed by atoms with Crippen LogP contribution in [0.5, 0.6) is 0 Å². The standard InChI is InChI=1S/C18H19BrN6O2/c1-3-24-16(7-8-20-24)18(27)23-14-6-4-5-13(9-14)22-17(26)11-25-12(2)15(19)10-21-25/h4-10H,3,11H2,1-2H3,(H,22,26)(H,23,27). The van der Waals surface area contributed by atoms with Crippen LogP contribution in [0.2, 0.25) is 0 Å². The maximum Gasteiger partial charge on any atom is 0.273 e. The normalized spacial score (nSPS) is 10.6. The van der Waals surface area contributed by atoms with Crippen LogP contribution in [0.4, 0.5) is 11.4 Å². The SMILES string of the molecule is CCn1nccc1C(=O)Nc1cccc(NC(=O)Cn2ncc(Br)c2C)c1. The number of aryl methyl sites for hydroxylation is 1. The van der Waals surface area contributed by atoms with Gasteiger partial charge in [0, 0.05) is 24.1 Å². The zero-order valence-corrected chi connectivity index (χ0v) is 16.5. The van der Waals surface area contributed by atoms with E-state index in [9.17, 15) is 9.59 Å². The smallest absolute Gasteiger partial charge is 0.273 e. The maximum absolute atomic E-state index is 12.4. The average molecular weight is 431 g/mol. The molecule has 0 fully saturated rings. The number of nitrogens with zero attached hydrogens (tertiary/aromatic N) is 4. The number of nitrogens with one attached hydrogen (secondary N) is 2. The summed E-state index contributed by atoms with van der Waals surface area (Å²) in [6, 6.07) is 8.64. The first-order chi connectivity index (χ1) is 13.0. The molecule has 0 spiro atoms. The molecule has 2 aromatic heterocycles. The lowest BCUT2D eigenvalue weighted by Gasteiger charge is -2.10. The van der Waals surface area contributed by atoms with E-state index in [0.29, 0.717) is 23.6 Å². The highest BCUT2D eigenvalue weighted by atomic mass is 79.9. The molecule has 2 amide bonds. The summed E-state index contributed by atoms with van der Waals surface area (Å²) in [7, 11) is 0. The molecule has 0 aliphatic carbocycles. The van der Waals surface area contributed by atoms with Crippen LogP contribution in [0, 0.1) is 6.92 Å². The van der Waals surface area contributed by atoms with Gasteiger partial charge in [-0.1, -0.05) is 6.07 Å². The van der Waals surface area contributed by atoms with Gasteiger partial charge in [0.2, 0.25) is 5.91 Å². The number of aromatic nitrogens is 4. The molecular weight excluding hydrogens is 412 g/mol. The Morgan fingerprint density at radius 2 is 1.85 bits per heavy atom. The molecule has 3 rings (SSSR count). The Hall–Kier alpha value is -2.94. The monoisotopic (exact) mass is 430 g/mol. The van der Waals surface area contributed by atoms with Crippen LogP contribution in [0.15, 0.2) is 47.2 Å². The Morgan fingerprint density at radius 1 is 1.11 bits per heavy atom. The Bertz CT molecular complexity index is 978. The van der Waals surface area contributed by atoms with Crippen molar-refractivity contribution >= 4 is 39.1 Å². The van der Waals surface area contributed by atoms with Crippen molar-refractivity contribution in [2.75, 3.05) is 10.6 Å². The van der Waals surface area contributed by atoms with Crippen molar-refractivity contribution in [1.29, 1.82) is 0 Å². The van der Waals surface area contributed by atoms with Gasteiger partial charge < -0.3 is 10.6 Å². The van der Waals surface area contributed by atoms with Crippen LogP contribution in [-0.4, -0.2) is 31.4 Å². The van der Waals surface area contributed by atoms with Crippen molar-refractivity contribution in [3.05, 3.63) is 58.6 Å². The molecule has 27 heavy (non-hydrogen) atoms. The van der Waals surface area contributed by atoms with Crippen LogP contribution in [-0.2, 0) is 17.9 Å². The molecule has 2 heterocycles. The molecule has 1 aromatic carbocycles. The van der Waals surface area contributed by atoms with Crippen molar-refractivity contribution in [3.8, 4) is 0 Å². The molecule has 2 N–H and O–H groups in total. The minimum Gasteiger partial charge on any atom is -0.324 e. The predicted octanol–water partition coefficient (Wildman–Crippen LogP) is 3.06. The Labute approximate surface area is 164 Å². The summed E-state index contributed by atoms with van der Waals surface area (Å²) in [5.41, 5.74) is 2.52.